The van der Waals surface area contributed by atoms with Crippen LogP contribution in [0.15, 0.2) is 0 Å². The van der Waals surface area contributed by atoms with Crippen LogP contribution >= 0.6 is 0 Å². The summed E-state index contributed by atoms with van der Waals surface area (Å²) in [7, 11) is 0. The Morgan fingerprint density at radius 2 is 1.21 bits per heavy atom. The summed E-state index contributed by atoms with van der Waals surface area (Å²) in [6, 6.07) is 0. The van der Waals surface area contributed by atoms with Crippen LogP contribution in [0.3, 0.4) is 0 Å². The number of hydrogen-bond acceptors (Lipinski definition) is 10. The van der Waals surface area contributed by atoms with Crippen molar-refractivity contribution in [3.63, 3.8) is 0 Å². The minimum Gasteiger partial charge on any atom is -0.458 e. The van der Waals surface area contributed by atoms with E-state index in [4.69, 9.17) is 0 Å². The smallest absolute Gasteiger partial charge is 0.333 e. The maximum atomic E-state index is 11.8. The first-order valence-corrected chi connectivity index (χ1v) is 8.81. The molecule has 0 aromatic rings. The van der Waals surface area contributed by atoms with E-state index in [9.17, 15) is 38.4 Å². The summed E-state index contributed by atoms with van der Waals surface area (Å²) in [6.45, 7) is -0.647. The lowest BCUT2D eigenvalue weighted by atomic mass is 10.2. The van der Waals surface area contributed by atoms with Crippen LogP contribution in [0.4, 0.5) is 0 Å². The predicted octanol–water partition coefficient (Wildman–Crippen LogP) is -1.06. The quantitative estimate of drug-likeness (QED) is 0.338. The van der Waals surface area contributed by atoms with Crippen molar-refractivity contribution < 1.29 is 47.9 Å². The first-order valence-electron chi connectivity index (χ1n) is 8.81. The van der Waals surface area contributed by atoms with E-state index in [1.54, 1.807) is 0 Å². The van der Waals surface area contributed by atoms with Crippen LogP contribution in [-0.2, 0) is 47.9 Å². The fraction of sp³-hybridized carbons (Fsp3) is 0.529. The molecule has 12 heteroatoms. The highest BCUT2D eigenvalue weighted by Crippen LogP contribution is 2.14. The van der Waals surface area contributed by atoms with E-state index in [1.165, 1.54) is 0 Å². The third-order valence-corrected chi connectivity index (χ3v) is 4.04. The van der Waals surface area contributed by atoms with Gasteiger partial charge in [-0.05, 0) is 0 Å². The number of nitrogens with zero attached hydrogens (tertiary/aromatic N) is 2. The second kappa shape index (κ2) is 9.66. The molecule has 12 nitrogen and oxygen atoms in total. The second-order valence-corrected chi connectivity index (χ2v) is 6.26. The number of esters is 1. The highest BCUT2D eigenvalue weighted by molar-refractivity contribution is 6.15. The van der Waals surface area contributed by atoms with Crippen LogP contribution in [0.1, 0.15) is 51.4 Å². The third kappa shape index (κ3) is 6.02. The number of carbonyl (C=O) groups is 8. The van der Waals surface area contributed by atoms with Gasteiger partial charge in [-0.3, -0.25) is 33.6 Å². The normalized spacial score (nSPS) is 16.4. The number of amides is 5. The Morgan fingerprint density at radius 3 is 1.79 bits per heavy atom. The molecule has 2 rings (SSSR count). The number of likely N-dealkylation sites (tertiary alicyclic amines) is 1. The van der Waals surface area contributed by atoms with E-state index in [1.807, 2.05) is 0 Å². The van der Waals surface area contributed by atoms with E-state index < -0.39 is 66.7 Å². The molecule has 2 saturated heterocycles. The van der Waals surface area contributed by atoms with Gasteiger partial charge >= 0.3 is 11.9 Å². The van der Waals surface area contributed by atoms with Crippen LogP contribution in [0.2, 0.25) is 0 Å². The number of hydroxylamine groups is 2. The molecule has 0 aliphatic carbocycles. The van der Waals surface area contributed by atoms with Crippen LogP contribution in [0.5, 0.6) is 0 Å². The molecule has 0 saturated carbocycles. The van der Waals surface area contributed by atoms with Gasteiger partial charge < -0.3 is 9.57 Å². The number of ketones is 1. The fourth-order valence-corrected chi connectivity index (χ4v) is 2.53. The summed E-state index contributed by atoms with van der Waals surface area (Å²) in [6.07, 6.45) is -1.82. The Balaban J connectivity index is 1.62. The summed E-state index contributed by atoms with van der Waals surface area (Å²) in [5.41, 5.74) is 0. The van der Waals surface area contributed by atoms with Gasteiger partial charge in [0.25, 0.3) is 11.8 Å². The molecule has 0 aromatic carbocycles. The zero-order chi connectivity index (χ0) is 21.6. The Labute approximate surface area is 164 Å². The van der Waals surface area contributed by atoms with E-state index in [0.29, 0.717) is 9.96 Å². The Hall–Kier alpha value is -3.44. The van der Waals surface area contributed by atoms with E-state index in [0.717, 1.165) is 0 Å². The van der Waals surface area contributed by atoms with E-state index in [-0.39, 0.29) is 38.5 Å². The van der Waals surface area contributed by atoms with Crippen molar-refractivity contribution in [1.29, 1.82) is 0 Å². The molecule has 0 N–H and O–H groups in total. The largest absolute Gasteiger partial charge is 0.458 e. The topological polar surface area (TPSA) is 162 Å². The van der Waals surface area contributed by atoms with Crippen LogP contribution < -0.4 is 0 Å². The lowest BCUT2D eigenvalue weighted by Crippen LogP contribution is -2.35. The first kappa shape index (κ1) is 21.9. The fourth-order valence-electron chi connectivity index (χ4n) is 2.53. The molecule has 0 spiro atoms. The zero-order valence-electron chi connectivity index (χ0n) is 15.3. The van der Waals surface area contributed by atoms with E-state index in [2.05, 4.69) is 9.57 Å². The molecule has 0 atom stereocenters. The maximum absolute atomic E-state index is 11.8. The summed E-state index contributed by atoms with van der Waals surface area (Å²) in [4.78, 5) is 97.1. The molecule has 156 valence electrons. The van der Waals surface area contributed by atoms with Crippen molar-refractivity contribution in [3.8, 4) is 0 Å². The van der Waals surface area contributed by atoms with Gasteiger partial charge in [0.15, 0.2) is 5.78 Å². The van der Waals surface area contributed by atoms with Crippen molar-refractivity contribution in [1.82, 2.24) is 9.96 Å². The van der Waals surface area contributed by atoms with E-state index >= 15 is 0 Å². The van der Waals surface area contributed by atoms with Gasteiger partial charge in [-0.25, -0.2) is 9.69 Å². The first-order chi connectivity index (χ1) is 13.7. The average molecular weight is 410 g/mol. The molecular formula is C17H18N2O10. The third-order valence-electron chi connectivity index (χ3n) is 4.04. The van der Waals surface area contributed by atoms with Crippen molar-refractivity contribution in [3.05, 3.63) is 0 Å². The molecule has 5 amide bonds. The second-order valence-electron chi connectivity index (χ2n) is 6.26. The lowest BCUT2D eigenvalue weighted by molar-refractivity contribution is -0.197. The Morgan fingerprint density at radius 1 is 0.690 bits per heavy atom. The van der Waals surface area contributed by atoms with Gasteiger partial charge in [-0.2, -0.15) is 0 Å². The van der Waals surface area contributed by atoms with Crippen molar-refractivity contribution in [2.45, 2.75) is 51.4 Å². The molecule has 0 aromatic heterocycles. The summed E-state index contributed by atoms with van der Waals surface area (Å²) in [5, 5.41) is 0.351. The highest BCUT2D eigenvalue weighted by Gasteiger charge is 2.34. The maximum Gasteiger partial charge on any atom is 0.333 e. The summed E-state index contributed by atoms with van der Waals surface area (Å²) in [5.74, 6) is -5.79. The minimum atomic E-state index is -0.984. The molecule has 2 fully saturated rings. The van der Waals surface area contributed by atoms with Gasteiger partial charge in [0, 0.05) is 38.5 Å². The molecule has 0 radical (unpaired) electrons. The number of hydrogen-bond donors (Lipinski definition) is 0. The molecule has 2 aliphatic heterocycles. The van der Waals surface area contributed by atoms with Crippen molar-refractivity contribution in [2.75, 3.05) is 6.61 Å². The van der Waals surface area contributed by atoms with Crippen LogP contribution in [-0.4, -0.2) is 63.8 Å². The zero-order valence-corrected chi connectivity index (χ0v) is 15.3. The van der Waals surface area contributed by atoms with Gasteiger partial charge in [0.05, 0.1) is 12.8 Å². The molecular weight excluding hydrogens is 392 g/mol. The highest BCUT2D eigenvalue weighted by atomic mass is 16.7. The Bertz CT molecular complexity index is 755. The van der Waals surface area contributed by atoms with Gasteiger partial charge in [-0.1, -0.05) is 0 Å². The molecule has 0 bridgehead atoms. The number of Topliss-reactive ketones (excluding diaryl/α,β-unsaturated/α-hetero) is 1. The monoisotopic (exact) mass is 410 g/mol. The average Bonchev–Trinajstić information content (AvgIpc) is 3.18. The molecule has 2 aliphatic rings. The summed E-state index contributed by atoms with van der Waals surface area (Å²) >= 11 is 0. The molecule has 29 heavy (non-hydrogen) atoms. The number of carbonyl (C=O) groups excluding carboxylic acids is 8. The van der Waals surface area contributed by atoms with Gasteiger partial charge in [0.2, 0.25) is 17.7 Å². The number of ether oxygens (including phenoxy) is 1. The standard InChI is InChI=1S/C17H18N2O10/c20-10(1-2-11(21)18-12(22)3-4-13(18)23)9-28-16(26)7-8-17(27)29-19-14(24)5-6-15(19)25/h1-9H2. The van der Waals surface area contributed by atoms with Gasteiger partial charge in [-0.15, -0.1) is 5.06 Å². The van der Waals surface area contributed by atoms with Gasteiger partial charge in [0.1, 0.15) is 6.61 Å². The van der Waals surface area contributed by atoms with Crippen molar-refractivity contribution >= 4 is 47.3 Å². The number of rotatable bonds is 9. The van der Waals surface area contributed by atoms with Crippen LogP contribution in [0.25, 0.3) is 0 Å². The molecule has 0 unspecified atom stereocenters. The summed E-state index contributed by atoms with van der Waals surface area (Å²) < 4.78 is 4.66. The Kier molecular flexibility index (Phi) is 7.28. The minimum absolute atomic E-state index is 0.0430. The SMILES string of the molecule is O=C(CCC(=O)N1C(=O)CCC1=O)COC(=O)CCC(=O)ON1C(=O)CCC1=O. The van der Waals surface area contributed by atoms with Crippen molar-refractivity contribution in [2.24, 2.45) is 0 Å². The predicted molar refractivity (Wildman–Crippen MR) is 87.7 cm³/mol. The van der Waals surface area contributed by atoms with Crippen LogP contribution in [0, 0.1) is 0 Å². The molecule has 2 heterocycles. The number of imide groups is 4. The lowest BCUT2D eigenvalue weighted by Gasteiger charge is -2.12.